The number of carbonyl (C=O) groups is 1. The highest BCUT2D eigenvalue weighted by molar-refractivity contribution is 5.88. The standard InChI is InChI=1S/C16H24O3/c1-4-6-7-13(5-2)11-19-15-9-12(3)8-14(10-15)16(17)18/h8-10,13H,4-7,11H2,1-3H3,(H,17,18). The Morgan fingerprint density at radius 2 is 2.05 bits per heavy atom. The third-order valence-corrected chi connectivity index (χ3v) is 3.33. The Kier molecular flexibility index (Phi) is 6.40. The maximum absolute atomic E-state index is 11.0. The van der Waals surface area contributed by atoms with Gasteiger partial charge in [0.05, 0.1) is 12.2 Å². The summed E-state index contributed by atoms with van der Waals surface area (Å²) in [6.45, 7) is 6.91. The monoisotopic (exact) mass is 264 g/mol. The normalized spacial score (nSPS) is 12.2. The molecule has 0 aliphatic rings. The number of carboxylic acids is 1. The topological polar surface area (TPSA) is 46.5 Å². The summed E-state index contributed by atoms with van der Waals surface area (Å²) in [7, 11) is 0. The quantitative estimate of drug-likeness (QED) is 0.762. The molecule has 19 heavy (non-hydrogen) atoms. The summed E-state index contributed by atoms with van der Waals surface area (Å²) >= 11 is 0. The van der Waals surface area contributed by atoms with Gasteiger partial charge in [-0.1, -0.05) is 33.1 Å². The van der Waals surface area contributed by atoms with Gasteiger partial charge in [-0.05, 0) is 43.0 Å². The van der Waals surface area contributed by atoms with Crippen LogP contribution in [0.15, 0.2) is 18.2 Å². The van der Waals surface area contributed by atoms with Gasteiger partial charge >= 0.3 is 5.97 Å². The maximum atomic E-state index is 11.0. The average Bonchev–Trinajstić information content (AvgIpc) is 2.38. The first-order chi connectivity index (χ1) is 9.06. The average molecular weight is 264 g/mol. The van der Waals surface area contributed by atoms with Crippen LogP contribution in [0.25, 0.3) is 0 Å². The molecule has 0 aliphatic heterocycles. The van der Waals surface area contributed by atoms with Crippen LogP contribution in [0.5, 0.6) is 5.75 Å². The molecule has 0 aromatic heterocycles. The van der Waals surface area contributed by atoms with Crippen molar-refractivity contribution in [3.63, 3.8) is 0 Å². The molecule has 0 amide bonds. The minimum atomic E-state index is -0.911. The molecular weight excluding hydrogens is 240 g/mol. The predicted octanol–water partition coefficient (Wildman–Crippen LogP) is 4.29. The molecule has 1 atom stereocenters. The highest BCUT2D eigenvalue weighted by atomic mass is 16.5. The van der Waals surface area contributed by atoms with E-state index in [1.807, 2.05) is 13.0 Å². The van der Waals surface area contributed by atoms with Crippen LogP contribution in [-0.2, 0) is 0 Å². The molecule has 0 heterocycles. The molecule has 1 aromatic rings. The van der Waals surface area contributed by atoms with Crippen molar-refractivity contribution in [2.45, 2.75) is 46.5 Å². The van der Waals surface area contributed by atoms with E-state index in [0.29, 0.717) is 18.3 Å². The summed E-state index contributed by atoms with van der Waals surface area (Å²) in [6, 6.07) is 5.14. The summed E-state index contributed by atoms with van der Waals surface area (Å²) in [5.41, 5.74) is 1.20. The molecule has 0 bridgehead atoms. The van der Waals surface area contributed by atoms with Gasteiger partial charge in [0.25, 0.3) is 0 Å². The van der Waals surface area contributed by atoms with Crippen LogP contribution in [0.1, 0.15) is 55.5 Å². The first kappa shape index (κ1) is 15.5. The van der Waals surface area contributed by atoms with Gasteiger partial charge in [-0.2, -0.15) is 0 Å². The predicted molar refractivity (Wildman–Crippen MR) is 76.9 cm³/mol. The van der Waals surface area contributed by atoms with E-state index in [-0.39, 0.29) is 5.56 Å². The zero-order valence-electron chi connectivity index (χ0n) is 12.1. The lowest BCUT2D eigenvalue weighted by atomic mass is 10.0. The Morgan fingerprint density at radius 1 is 1.32 bits per heavy atom. The van der Waals surface area contributed by atoms with E-state index in [1.54, 1.807) is 12.1 Å². The van der Waals surface area contributed by atoms with Crippen molar-refractivity contribution < 1.29 is 14.6 Å². The van der Waals surface area contributed by atoms with Crippen molar-refractivity contribution in [3.8, 4) is 5.75 Å². The molecular formula is C16H24O3. The van der Waals surface area contributed by atoms with E-state index in [1.165, 1.54) is 19.3 Å². The van der Waals surface area contributed by atoms with E-state index in [9.17, 15) is 4.79 Å². The number of hydrogen-bond acceptors (Lipinski definition) is 2. The smallest absolute Gasteiger partial charge is 0.335 e. The summed E-state index contributed by atoms with van der Waals surface area (Å²) < 4.78 is 5.76. The minimum Gasteiger partial charge on any atom is -0.493 e. The Morgan fingerprint density at radius 3 is 2.63 bits per heavy atom. The van der Waals surface area contributed by atoms with Crippen LogP contribution in [0.3, 0.4) is 0 Å². The fourth-order valence-corrected chi connectivity index (χ4v) is 2.07. The third kappa shape index (κ3) is 5.33. The van der Waals surface area contributed by atoms with Gasteiger partial charge in [0.1, 0.15) is 5.75 Å². The molecule has 0 fully saturated rings. The summed E-state index contributed by atoms with van der Waals surface area (Å²) in [5.74, 6) is 0.299. The summed E-state index contributed by atoms with van der Waals surface area (Å²) in [4.78, 5) is 11.0. The molecule has 0 spiro atoms. The molecule has 1 unspecified atom stereocenters. The van der Waals surface area contributed by atoms with Crippen LogP contribution in [0.2, 0.25) is 0 Å². The fraction of sp³-hybridized carbons (Fsp3) is 0.562. The van der Waals surface area contributed by atoms with Gasteiger partial charge in [0.15, 0.2) is 0 Å². The molecule has 0 radical (unpaired) electrons. The van der Waals surface area contributed by atoms with Crippen LogP contribution in [0.4, 0.5) is 0 Å². The van der Waals surface area contributed by atoms with Gasteiger partial charge in [-0.3, -0.25) is 0 Å². The largest absolute Gasteiger partial charge is 0.493 e. The van der Waals surface area contributed by atoms with Crippen LogP contribution >= 0.6 is 0 Å². The van der Waals surface area contributed by atoms with Crippen molar-refractivity contribution >= 4 is 5.97 Å². The second-order valence-electron chi connectivity index (χ2n) is 5.07. The van der Waals surface area contributed by atoms with E-state index < -0.39 is 5.97 Å². The Labute approximate surface area is 115 Å². The Balaban J connectivity index is 2.63. The lowest BCUT2D eigenvalue weighted by Gasteiger charge is -2.16. The SMILES string of the molecule is CCCCC(CC)COc1cc(C)cc(C(=O)O)c1. The fourth-order valence-electron chi connectivity index (χ4n) is 2.07. The van der Waals surface area contributed by atoms with Crippen LogP contribution in [-0.4, -0.2) is 17.7 Å². The van der Waals surface area contributed by atoms with E-state index in [4.69, 9.17) is 9.84 Å². The molecule has 0 saturated carbocycles. The molecule has 0 aliphatic carbocycles. The molecule has 3 nitrogen and oxygen atoms in total. The van der Waals surface area contributed by atoms with E-state index in [0.717, 1.165) is 12.0 Å². The number of aromatic carboxylic acids is 1. The van der Waals surface area contributed by atoms with Gasteiger partial charge < -0.3 is 9.84 Å². The molecule has 1 aromatic carbocycles. The number of carboxylic acid groups (broad SMARTS) is 1. The van der Waals surface area contributed by atoms with Gasteiger partial charge in [0.2, 0.25) is 0 Å². The van der Waals surface area contributed by atoms with Crippen LogP contribution in [0, 0.1) is 12.8 Å². The number of hydrogen-bond donors (Lipinski definition) is 1. The molecule has 1 N–H and O–H groups in total. The third-order valence-electron chi connectivity index (χ3n) is 3.33. The lowest BCUT2D eigenvalue weighted by Crippen LogP contribution is -2.11. The van der Waals surface area contributed by atoms with Crippen molar-refractivity contribution in [2.75, 3.05) is 6.61 Å². The second-order valence-corrected chi connectivity index (χ2v) is 5.07. The molecule has 0 saturated heterocycles. The zero-order valence-corrected chi connectivity index (χ0v) is 12.1. The first-order valence-electron chi connectivity index (χ1n) is 7.04. The number of unbranched alkanes of at least 4 members (excludes halogenated alkanes) is 1. The molecule has 1 rings (SSSR count). The van der Waals surface area contributed by atoms with Crippen molar-refractivity contribution in [1.82, 2.24) is 0 Å². The Hall–Kier alpha value is -1.51. The first-order valence-corrected chi connectivity index (χ1v) is 7.04. The minimum absolute atomic E-state index is 0.289. The van der Waals surface area contributed by atoms with E-state index >= 15 is 0 Å². The summed E-state index contributed by atoms with van der Waals surface area (Å²) in [6.07, 6.45) is 4.68. The highest BCUT2D eigenvalue weighted by Gasteiger charge is 2.09. The van der Waals surface area contributed by atoms with Crippen molar-refractivity contribution in [1.29, 1.82) is 0 Å². The van der Waals surface area contributed by atoms with Gasteiger partial charge in [0, 0.05) is 0 Å². The highest BCUT2D eigenvalue weighted by Crippen LogP contribution is 2.20. The number of aryl methyl sites for hydroxylation is 1. The summed E-state index contributed by atoms with van der Waals surface area (Å²) in [5, 5.41) is 9.02. The number of ether oxygens (including phenoxy) is 1. The van der Waals surface area contributed by atoms with Crippen molar-refractivity contribution in [2.24, 2.45) is 5.92 Å². The number of benzene rings is 1. The van der Waals surface area contributed by atoms with Gasteiger partial charge in [-0.25, -0.2) is 4.79 Å². The number of rotatable bonds is 8. The molecule has 3 heteroatoms. The Bertz CT molecular complexity index is 412. The van der Waals surface area contributed by atoms with Gasteiger partial charge in [-0.15, -0.1) is 0 Å². The molecule has 106 valence electrons. The maximum Gasteiger partial charge on any atom is 0.335 e. The van der Waals surface area contributed by atoms with Crippen molar-refractivity contribution in [3.05, 3.63) is 29.3 Å². The lowest BCUT2D eigenvalue weighted by molar-refractivity contribution is 0.0696. The second kappa shape index (κ2) is 7.82. The zero-order chi connectivity index (χ0) is 14.3. The van der Waals surface area contributed by atoms with E-state index in [2.05, 4.69) is 13.8 Å². The van der Waals surface area contributed by atoms with Crippen LogP contribution < -0.4 is 4.74 Å².